The fraction of sp³-hybridized carbons (Fsp3) is 0.167. The van der Waals surface area contributed by atoms with Gasteiger partial charge in [-0.05, 0) is 12.5 Å². The number of halogens is 1. The molecule has 0 aliphatic rings. The second-order valence-corrected chi connectivity index (χ2v) is 3.93. The molecule has 1 atom stereocenters. The molecule has 1 unspecified atom stereocenters. The van der Waals surface area contributed by atoms with Gasteiger partial charge < -0.3 is 15.7 Å². The first-order valence-electron chi connectivity index (χ1n) is 5.70. The Morgan fingerprint density at radius 2 is 2.19 bits per heavy atom. The van der Waals surface area contributed by atoms with Crippen LogP contribution in [0.4, 0.5) is 20.6 Å². The van der Waals surface area contributed by atoms with Gasteiger partial charge in [-0.3, -0.25) is 10.1 Å². The lowest BCUT2D eigenvalue weighted by Gasteiger charge is -2.13. The Labute approximate surface area is 118 Å². The summed E-state index contributed by atoms with van der Waals surface area (Å²) in [6, 6.07) is 0.516. The van der Waals surface area contributed by atoms with Crippen LogP contribution < -0.4 is 10.6 Å². The van der Waals surface area contributed by atoms with Gasteiger partial charge in [-0.25, -0.2) is 14.0 Å². The summed E-state index contributed by atoms with van der Waals surface area (Å²) in [5, 5.41) is 23.5. The lowest BCUT2D eigenvalue weighted by Crippen LogP contribution is -2.42. The standard InChI is InChI=1S/C12H12FN3O5/c1-2-3-10(11(17)18)15-12(19)14-9-5-4-7(16(20)21)6-8(9)13/h2,4-6,10H,1,3H2,(H,17,18)(H2,14,15,19). The summed E-state index contributed by atoms with van der Waals surface area (Å²) in [7, 11) is 0. The van der Waals surface area contributed by atoms with Crippen LogP contribution in [0, 0.1) is 15.9 Å². The maximum atomic E-state index is 13.5. The number of nitro benzene ring substituents is 1. The molecule has 8 nitrogen and oxygen atoms in total. The summed E-state index contributed by atoms with van der Waals surface area (Å²) >= 11 is 0. The maximum Gasteiger partial charge on any atom is 0.326 e. The van der Waals surface area contributed by atoms with Gasteiger partial charge in [0.05, 0.1) is 16.7 Å². The van der Waals surface area contributed by atoms with Gasteiger partial charge in [-0.2, -0.15) is 0 Å². The third-order valence-corrected chi connectivity index (χ3v) is 2.42. The summed E-state index contributed by atoms with van der Waals surface area (Å²) in [4.78, 5) is 32.0. The number of nitrogens with zero attached hydrogens (tertiary/aromatic N) is 1. The molecule has 0 fully saturated rings. The van der Waals surface area contributed by atoms with E-state index in [4.69, 9.17) is 5.11 Å². The van der Waals surface area contributed by atoms with Crippen molar-refractivity contribution >= 4 is 23.4 Å². The molecule has 0 spiro atoms. The number of carbonyl (C=O) groups is 2. The second kappa shape index (κ2) is 6.98. The largest absolute Gasteiger partial charge is 0.480 e. The van der Waals surface area contributed by atoms with E-state index in [0.29, 0.717) is 6.07 Å². The van der Waals surface area contributed by atoms with Crippen molar-refractivity contribution < 1.29 is 24.0 Å². The van der Waals surface area contributed by atoms with Crippen molar-refractivity contribution in [2.45, 2.75) is 12.5 Å². The van der Waals surface area contributed by atoms with Crippen LogP contribution in [0.1, 0.15) is 6.42 Å². The number of hydrogen-bond donors (Lipinski definition) is 3. The van der Waals surface area contributed by atoms with E-state index in [0.717, 1.165) is 12.1 Å². The molecule has 112 valence electrons. The summed E-state index contributed by atoms with van der Waals surface area (Å²) in [6.07, 6.45) is 1.30. The van der Waals surface area contributed by atoms with Gasteiger partial charge in [0.25, 0.3) is 5.69 Å². The van der Waals surface area contributed by atoms with E-state index >= 15 is 0 Å². The number of anilines is 1. The van der Waals surface area contributed by atoms with Gasteiger partial charge in [0.1, 0.15) is 6.04 Å². The molecule has 1 aromatic rings. The smallest absolute Gasteiger partial charge is 0.326 e. The van der Waals surface area contributed by atoms with Crippen LogP contribution in [0.3, 0.4) is 0 Å². The van der Waals surface area contributed by atoms with Gasteiger partial charge in [0, 0.05) is 6.07 Å². The van der Waals surface area contributed by atoms with Crippen molar-refractivity contribution in [3.05, 3.63) is 46.8 Å². The van der Waals surface area contributed by atoms with Crippen molar-refractivity contribution in [1.82, 2.24) is 5.32 Å². The number of carboxylic acids is 1. The van der Waals surface area contributed by atoms with Crippen LogP contribution in [0.25, 0.3) is 0 Å². The van der Waals surface area contributed by atoms with Crippen LogP contribution in [0.5, 0.6) is 0 Å². The first kappa shape index (κ1) is 16.1. The van der Waals surface area contributed by atoms with Crippen LogP contribution in [-0.4, -0.2) is 28.1 Å². The van der Waals surface area contributed by atoms with Crippen LogP contribution in [-0.2, 0) is 4.79 Å². The number of amides is 2. The van der Waals surface area contributed by atoms with E-state index in [9.17, 15) is 24.1 Å². The van der Waals surface area contributed by atoms with Crippen molar-refractivity contribution in [2.75, 3.05) is 5.32 Å². The van der Waals surface area contributed by atoms with Gasteiger partial charge in [0.2, 0.25) is 0 Å². The molecule has 0 radical (unpaired) electrons. The summed E-state index contributed by atoms with van der Waals surface area (Å²) in [6.45, 7) is 3.36. The molecule has 0 heterocycles. The first-order chi connectivity index (χ1) is 9.85. The number of aliphatic carboxylic acids is 1. The van der Waals surface area contributed by atoms with Crippen molar-refractivity contribution in [3.63, 3.8) is 0 Å². The molecule has 0 saturated heterocycles. The van der Waals surface area contributed by atoms with Crippen LogP contribution in [0.15, 0.2) is 30.9 Å². The van der Waals surface area contributed by atoms with E-state index < -0.39 is 34.5 Å². The van der Waals surface area contributed by atoms with E-state index in [1.54, 1.807) is 0 Å². The van der Waals surface area contributed by atoms with Crippen molar-refractivity contribution in [2.24, 2.45) is 0 Å². The Hall–Kier alpha value is -2.97. The number of benzene rings is 1. The zero-order valence-electron chi connectivity index (χ0n) is 10.7. The number of carboxylic acid groups (broad SMARTS) is 1. The molecule has 3 N–H and O–H groups in total. The Bertz CT molecular complexity index is 590. The molecule has 0 aromatic heterocycles. The number of rotatable bonds is 6. The summed E-state index contributed by atoms with van der Waals surface area (Å²) < 4.78 is 13.5. The highest BCUT2D eigenvalue weighted by Crippen LogP contribution is 2.20. The highest BCUT2D eigenvalue weighted by molar-refractivity contribution is 5.92. The third kappa shape index (κ3) is 4.56. The average Bonchev–Trinajstić information content (AvgIpc) is 2.40. The fourth-order valence-electron chi connectivity index (χ4n) is 1.42. The average molecular weight is 297 g/mol. The minimum atomic E-state index is -1.27. The molecule has 0 bridgehead atoms. The van der Waals surface area contributed by atoms with Crippen LogP contribution >= 0.6 is 0 Å². The molecule has 1 rings (SSSR count). The molecule has 0 saturated carbocycles. The number of nitrogens with one attached hydrogen (secondary N) is 2. The monoisotopic (exact) mass is 297 g/mol. The van der Waals surface area contributed by atoms with Gasteiger partial charge in [-0.1, -0.05) is 6.08 Å². The zero-order valence-corrected chi connectivity index (χ0v) is 10.7. The van der Waals surface area contributed by atoms with Gasteiger partial charge in [0.15, 0.2) is 5.82 Å². The van der Waals surface area contributed by atoms with Gasteiger partial charge in [-0.15, -0.1) is 6.58 Å². The third-order valence-electron chi connectivity index (χ3n) is 2.42. The summed E-state index contributed by atoms with van der Waals surface area (Å²) in [5.41, 5.74) is -0.769. The lowest BCUT2D eigenvalue weighted by atomic mass is 10.2. The van der Waals surface area contributed by atoms with Gasteiger partial charge >= 0.3 is 12.0 Å². The Morgan fingerprint density at radius 3 is 2.67 bits per heavy atom. The highest BCUT2D eigenvalue weighted by atomic mass is 19.1. The molecule has 2 amide bonds. The quantitative estimate of drug-likeness (QED) is 0.420. The Morgan fingerprint density at radius 1 is 1.52 bits per heavy atom. The molecule has 0 aliphatic carbocycles. The minimum Gasteiger partial charge on any atom is -0.480 e. The number of nitro groups is 1. The topological polar surface area (TPSA) is 122 Å². The first-order valence-corrected chi connectivity index (χ1v) is 5.70. The normalized spacial score (nSPS) is 11.3. The molecular weight excluding hydrogens is 285 g/mol. The van der Waals surface area contributed by atoms with Crippen LogP contribution in [0.2, 0.25) is 0 Å². The molecule has 0 aliphatic heterocycles. The minimum absolute atomic E-state index is 0.00844. The summed E-state index contributed by atoms with van der Waals surface area (Å²) in [5.74, 6) is -2.27. The van der Waals surface area contributed by atoms with E-state index in [1.165, 1.54) is 6.08 Å². The van der Waals surface area contributed by atoms with Crippen molar-refractivity contribution in [3.8, 4) is 0 Å². The number of urea groups is 1. The highest BCUT2D eigenvalue weighted by Gasteiger charge is 2.19. The number of non-ortho nitro benzene ring substituents is 1. The predicted molar refractivity (Wildman–Crippen MR) is 71.4 cm³/mol. The molecule has 21 heavy (non-hydrogen) atoms. The SMILES string of the molecule is C=CCC(NC(=O)Nc1ccc([N+](=O)[O-])cc1F)C(=O)O. The van der Waals surface area contributed by atoms with E-state index in [-0.39, 0.29) is 12.1 Å². The lowest BCUT2D eigenvalue weighted by molar-refractivity contribution is -0.385. The Balaban J connectivity index is 2.76. The maximum absolute atomic E-state index is 13.5. The predicted octanol–water partition coefficient (Wildman–Crippen LogP) is 1.88. The number of carbonyl (C=O) groups excluding carboxylic acids is 1. The second-order valence-electron chi connectivity index (χ2n) is 3.93. The Kier molecular flexibility index (Phi) is 5.35. The fourth-order valence-corrected chi connectivity index (χ4v) is 1.42. The molecule has 1 aromatic carbocycles. The molecule has 9 heteroatoms. The molecular formula is C12H12FN3O5. The number of hydrogen-bond acceptors (Lipinski definition) is 4. The van der Waals surface area contributed by atoms with Crippen molar-refractivity contribution in [1.29, 1.82) is 0 Å². The van der Waals surface area contributed by atoms with E-state index in [1.807, 2.05) is 0 Å². The van der Waals surface area contributed by atoms with E-state index in [2.05, 4.69) is 17.2 Å². The zero-order chi connectivity index (χ0) is 16.0.